The van der Waals surface area contributed by atoms with Crippen LogP contribution in [0, 0.1) is 12.8 Å². The van der Waals surface area contributed by atoms with Crippen LogP contribution in [-0.4, -0.2) is 37.2 Å². The fourth-order valence-electron chi connectivity index (χ4n) is 4.09. The van der Waals surface area contributed by atoms with E-state index < -0.39 is 15.8 Å². The minimum absolute atomic E-state index is 0.00890. The number of ether oxygens (including phenoxy) is 1. The largest absolute Gasteiger partial charge is 0.493 e. The highest BCUT2D eigenvalue weighted by Crippen LogP contribution is 2.39. The zero-order valence-corrected chi connectivity index (χ0v) is 18.1. The lowest BCUT2D eigenvalue weighted by Gasteiger charge is -2.28. The molecule has 1 aliphatic carbocycles. The molecule has 1 aromatic carbocycles. The Kier molecular flexibility index (Phi) is 5.41. The number of benzene rings is 1. The molecule has 4 rings (SSSR count). The fraction of sp³-hybridized carbons (Fsp3) is 0.409. The third-order valence-corrected chi connectivity index (χ3v) is 7.01. The molecule has 2 aromatic heterocycles. The standard InChI is InChI=1S/C22H24F2N2O4S/c1-13-10-26-21(27)20-19(13)17(11-25-20)16-9-15(31(2,28)29)3-4-18(16)30-12-14-5-7-22(23,24)8-6-14/h3-4,9-11,14,25H,5-8,12H2,1-2H3,(H,26,27). The van der Waals surface area contributed by atoms with Crippen LogP contribution >= 0.6 is 0 Å². The number of alkyl halides is 2. The van der Waals surface area contributed by atoms with Crippen molar-refractivity contribution in [3.63, 3.8) is 0 Å². The Balaban J connectivity index is 1.74. The van der Waals surface area contributed by atoms with Crippen LogP contribution in [0.3, 0.4) is 0 Å². The van der Waals surface area contributed by atoms with Gasteiger partial charge in [-0.15, -0.1) is 0 Å². The van der Waals surface area contributed by atoms with Gasteiger partial charge in [-0.1, -0.05) is 0 Å². The smallest absolute Gasteiger partial charge is 0.272 e. The fourth-order valence-corrected chi connectivity index (χ4v) is 4.74. The first-order chi connectivity index (χ1) is 14.5. The number of fused-ring (bicyclic) bond motifs is 1. The van der Waals surface area contributed by atoms with Crippen LogP contribution in [0.15, 0.2) is 40.3 Å². The summed E-state index contributed by atoms with van der Waals surface area (Å²) in [4.78, 5) is 17.9. The molecule has 0 spiro atoms. The number of rotatable bonds is 5. The Bertz CT molecular complexity index is 1280. The summed E-state index contributed by atoms with van der Waals surface area (Å²) in [5, 5.41) is 0.677. The van der Waals surface area contributed by atoms with E-state index >= 15 is 0 Å². The summed E-state index contributed by atoms with van der Waals surface area (Å²) in [5.74, 6) is -2.15. The first-order valence-corrected chi connectivity index (χ1v) is 12.0. The maximum absolute atomic E-state index is 13.4. The first kappa shape index (κ1) is 21.5. The number of aromatic amines is 2. The number of hydrogen-bond donors (Lipinski definition) is 2. The highest BCUT2D eigenvalue weighted by molar-refractivity contribution is 7.90. The number of nitrogens with one attached hydrogen (secondary N) is 2. The van der Waals surface area contributed by atoms with Crippen LogP contribution in [0.5, 0.6) is 5.75 Å². The van der Waals surface area contributed by atoms with Gasteiger partial charge in [-0.3, -0.25) is 4.79 Å². The molecule has 2 N–H and O–H groups in total. The molecule has 0 saturated heterocycles. The van der Waals surface area contributed by atoms with Crippen molar-refractivity contribution in [1.29, 1.82) is 0 Å². The van der Waals surface area contributed by atoms with Crippen LogP contribution in [0.25, 0.3) is 22.0 Å². The second-order valence-electron chi connectivity index (χ2n) is 8.29. The van der Waals surface area contributed by atoms with Crippen molar-refractivity contribution in [2.45, 2.75) is 43.4 Å². The summed E-state index contributed by atoms with van der Waals surface area (Å²) in [5.41, 5.74) is 2.10. The molecular formula is C22H24F2N2O4S. The third kappa shape index (κ3) is 4.37. The van der Waals surface area contributed by atoms with E-state index in [9.17, 15) is 22.0 Å². The molecular weight excluding hydrogens is 426 g/mol. The second-order valence-corrected chi connectivity index (χ2v) is 10.3. The van der Waals surface area contributed by atoms with Crippen LogP contribution in [0.1, 0.15) is 31.2 Å². The maximum Gasteiger partial charge on any atom is 0.272 e. The Morgan fingerprint density at radius 1 is 1.13 bits per heavy atom. The minimum atomic E-state index is -3.47. The zero-order valence-electron chi connectivity index (χ0n) is 17.3. The minimum Gasteiger partial charge on any atom is -0.493 e. The number of aromatic nitrogens is 2. The van der Waals surface area contributed by atoms with Crippen molar-refractivity contribution in [3.8, 4) is 16.9 Å². The van der Waals surface area contributed by atoms with E-state index in [4.69, 9.17) is 4.74 Å². The van der Waals surface area contributed by atoms with Crippen LogP contribution in [0.4, 0.5) is 8.78 Å². The molecule has 2 heterocycles. The van der Waals surface area contributed by atoms with Gasteiger partial charge in [0.25, 0.3) is 5.56 Å². The van der Waals surface area contributed by atoms with E-state index in [0.717, 1.165) is 11.8 Å². The lowest BCUT2D eigenvalue weighted by molar-refractivity contribution is -0.0498. The van der Waals surface area contributed by atoms with E-state index in [-0.39, 0.29) is 35.8 Å². The van der Waals surface area contributed by atoms with Crippen molar-refractivity contribution < 1.29 is 21.9 Å². The van der Waals surface area contributed by atoms with Gasteiger partial charge in [0.2, 0.25) is 5.92 Å². The van der Waals surface area contributed by atoms with E-state index in [1.54, 1.807) is 18.5 Å². The maximum atomic E-state index is 13.4. The van der Waals surface area contributed by atoms with E-state index in [1.165, 1.54) is 12.1 Å². The summed E-state index contributed by atoms with van der Waals surface area (Å²) in [7, 11) is -3.47. The third-order valence-electron chi connectivity index (χ3n) is 5.90. The van der Waals surface area contributed by atoms with Gasteiger partial charge < -0.3 is 14.7 Å². The van der Waals surface area contributed by atoms with Crippen LogP contribution in [0.2, 0.25) is 0 Å². The van der Waals surface area contributed by atoms with Gasteiger partial charge in [-0.2, -0.15) is 0 Å². The topological polar surface area (TPSA) is 92.0 Å². The first-order valence-electron chi connectivity index (χ1n) is 10.1. The van der Waals surface area contributed by atoms with Gasteiger partial charge in [0.15, 0.2) is 9.84 Å². The molecule has 0 unspecified atom stereocenters. The molecule has 0 amide bonds. The molecule has 1 aliphatic rings. The number of sulfone groups is 1. The van der Waals surface area contributed by atoms with Crippen molar-refractivity contribution >= 4 is 20.7 Å². The summed E-state index contributed by atoms with van der Waals surface area (Å²) in [6, 6.07) is 4.59. The van der Waals surface area contributed by atoms with E-state index in [1.807, 2.05) is 6.92 Å². The molecule has 9 heteroatoms. The van der Waals surface area contributed by atoms with Gasteiger partial charge in [0, 0.05) is 48.0 Å². The SMILES string of the molecule is Cc1c[nH]c(=O)c2[nH]cc(-c3cc(S(C)(=O)=O)ccc3OCC3CCC(F)(F)CC3)c12. The van der Waals surface area contributed by atoms with Crippen molar-refractivity contribution in [1.82, 2.24) is 9.97 Å². The summed E-state index contributed by atoms with van der Waals surface area (Å²) >= 11 is 0. The Hall–Kier alpha value is -2.68. The van der Waals surface area contributed by atoms with Crippen molar-refractivity contribution in [3.05, 3.63) is 46.5 Å². The van der Waals surface area contributed by atoms with Gasteiger partial charge in [0.05, 0.1) is 11.5 Å². The molecule has 1 fully saturated rings. The Morgan fingerprint density at radius 2 is 1.84 bits per heavy atom. The number of pyridine rings is 1. The second kappa shape index (κ2) is 7.78. The predicted molar refractivity (Wildman–Crippen MR) is 115 cm³/mol. The van der Waals surface area contributed by atoms with Crippen molar-refractivity contribution in [2.24, 2.45) is 5.92 Å². The molecule has 3 aromatic rings. The number of aryl methyl sites for hydroxylation is 1. The van der Waals surface area contributed by atoms with Gasteiger partial charge in [-0.25, -0.2) is 17.2 Å². The normalized spacial score (nSPS) is 17.2. The van der Waals surface area contributed by atoms with Gasteiger partial charge in [0.1, 0.15) is 11.3 Å². The van der Waals surface area contributed by atoms with Gasteiger partial charge >= 0.3 is 0 Å². The van der Waals surface area contributed by atoms with Crippen LogP contribution in [-0.2, 0) is 9.84 Å². The monoisotopic (exact) mass is 450 g/mol. The molecule has 6 nitrogen and oxygen atoms in total. The molecule has 0 radical (unpaired) electrons. The molecule has 166 valence electrons. The Labute approximate surface area is 178 Å². The molecule has 31 heavy (non-hydrogen) atoms. The number of halogens is 2. The van der Waals surface area contributed by atoms with Gasteiger partial charge in [-0.05, 0) is 49.4 Å². The highest BCUT2D eigenvalue weighted by Gasteiger charge is 2.35. The highest BCUT2D eigenvalue weighted by atomic mass is 32.2. The lowest BCUT2D eigenvalue weighted by atomic mass is 9.87. The van der Waals surface area contributed by atoms with E-state index in [0.29, 0.717) is 40.6 Å². The summed E-state index contributed by atoms with van der Waals surface area (Å²) in [6.45, 7) is 2.11. The average molecular weight is 451 g/mol. The summed E-state index contributed by atoms with van der Waals surface area (Å²) < 4.78 is 57.2. The summed E-state index contributed by atoms with van der Waals surface area (Å²) in [6.07, 6.45) is 4.85. The molecule has 1 saturated carbocycles. The number of H-pyrrole nitrogens is 2. The quantitative estimate of drug-likeness (QED) is 0.601. The Morgan fingerprint density at radius 3 is 2.52 bits per heavy atom. The molecule has 0 bridgehead atoms. The molecule has 0 aliphatic heterocycles. The predicted octanol–water partition coefficient (Wildman–Crippen LogP) is 4.44. The average Bonchev–Trinajstić information content (AvgIpc) is 3.15. The zero-order chi connectivity index (χ0) is 22.4. The van der Waals surface area contributed by atoms with Crippen LogP contribution < -0.4 is 10.3 Å². The molecule has 0 atom stereocenters. The van der Waals surface area contributed by atoms with E-state index in [2.05, 4.69) is 9.97 Å². The lowest BCUT2D eigenvalue weighted by Crippen LogP contribution is -2.27. The van der Waals surface area contributed by atoms with Crippen molar-refractivity contribution in [2.75, 3.05) is 12.9 Å². The number of hydrogen-bond acceptors (Lipinski definition) is 4.